The van der Waals surface area contributed by atoms with E-state index >= 15 is 0 Å². The third-order valence-electron chi connectivity index (χ3n) is 2.36. The standard InChI is InChI=1S/C12H8Cl4/c13-10-5-1-4-9(11(10)14)8-3-2-6-12(15,16)7-8/h1-6H,7H2. The van der Waals surface area contributed by atoms with E-state index in [9.17, 15) is 0 Å². The number of hydrogen-bond donors (Lipinski definition) is 0. The molecule has 0 N–H and O–H groups in total. The molecule has 0 amide bonds. The van der Waals surface area contributed by atoms with Crippen molar-refractivity contribution in [1.29, 1.82) is 0 Å². The molecule has 0 aliphatic heterocycles. The minimum absolute atomic E-state index is 0.521. The van der Waals surface area contributed by atoms with Gasteiger partial charge in [-0.3, -0.25) is 0 Å². The summed E-state index contributed by atoms with van der Waals surface area (Å²) in [7, 11) is 0. The van der Waals surface area contributed by atoms with E-state index in [-0.39, 0.29) is 0 Å². The zero-order valence-corrected chi connectivity index (χ0v) is 11.2. The van der Waals surface area contributed by atoms with Gasteiger partial charge in [-0.15, -0.1) is 0 Å². The largest absolute Gasteiger partial charge is 0.140 e. The monoisotopic (exact) mass is 292 g/mol. The topological polar surface area (TPSA) is 0 Å². The van der Waals surface area contributed by atoms with Gasteiger partial charge in [-0.25, -0.2) is 0 Å². The van der Waals surface area contributed by atoms with Gasteiger partial charge in [0.25, 0.3) is 0 Å². The highest BCUT2D eigenvalue weighted by atomic mass is 35.5. The summed E-state index contributed by atoms with van der Waals surface area (Å²) in [5.74, 6) is 0. The van der Waals surface area contributed by atoms with Crippen molar-refractivity contribution in [3.63, 3.8) is 0 Å². The van der Waals surface area contributed by atoms with Gasteiger partial charge in [0.05, 0.1) is 10.0 Å². The highest BCUT2D eigenvalue weighted by Gasteiger charge is 2.25. The van der Waals surface area contributed by atoms with E-state index in [2.05, 4.69) is 0 Å². The van der Waals surface area contributed by atoms with Crippen molar-refractivity contribution >= 4 is 52.0 Å². The number of benzene rings is 1. The van der Waals surface area contributed by atoms with E-state index in [1.54, 1.807) is 12.1 Å². The first-order valence-electron chi connectivity index (χ1n) is 4.70. The Kier molecular flexibility index (Phi) is 3.56. The van der Waals surface area contributed by atoms with Crippen molar-refractivity contribution in [2.45, 2.75) is 10.8 Å². The first-order chi connectivity index (χ1) is 7.49. The Bertz CT molecular complexity index is 472. The Balaban J connectivity index is 2.43. The van der Waals surface area contributed by atoms with Crippen LogP contribution in [-0.2, 0) is 0 Å². The molecule has 0 bridgehead atoms. The molecule has 1 aliphatic carbocycles. The van der Waals surface area contributed by atoms with E-state index in [0.29, 0.717) is 16.5 Å². The van der Waals surface area contributed by atoms with Crippen LogP contribution in [0, 0.1) is 0 Å². The minimum atomic E-state index is -0.865. The average Bonchev–Trinajstić information content (AvgIpc) is 2.20. The molecule has 0 heterocycles. The van der Waals surface area contributed by atoms with Crippen molar-refractivity contribution in [1.82, 2.24) is 0 Å². The Hall–Kier alpha value is -0.140. The van der Waals surface area contributed by atoms with E-state index in [4.69, 9.17) is 46.4 Å². The molecule has 0 saturated carbocycles. The molecular weight excluding hydrogens is 286 g/mol. The molecule has 0 spiro atoms. The molecule has 0 fully saturated rings. The molecule has 2 rings (SSSR count). The molecule has 0 saturated heterocycles. The van der Waals surface area contributed by atoms with Crippen LogP contribution in [0.4, 0.5) is 0 Å². The van der Waals surface area contributed by atoms with Crippen LogP contribution in [0.1, 0.15) is 12.0 Å². The van der Waals surface area contributed by atoms with Crippen LogP contribution in [-0.4, -0.2) is 4.33 Å². The molecule has 1 aliphatic rings. The maximum atomic E-state index is 6.14. The van der Waals surface area contributed by atoms with Crippen LogP contribution in [0.3, 0.4) is 0 Å². The summed E-state index contributed by atoms with van der Waals surface area (Å²) < 4.78 is -0.865. The highest BCUT2D eigenvalue weighted by Crippen LogP contribution is 2.40. The maximum absolute atomic E-state index is 6.14. The molecule has 4 heteroatoms. The molecule has 16 heavy (non-hydrogen) atoms. The van der Waals surface area contributed by atoms with E-state index < -0.39 is 4.33 Å². The molecule has 0 unspecified atom stereocenters. The van der Waals surface area contributed by atoms with Crippen LogP contribution in [0.15, 0.2) is 36.4 Å². The predicted octanol–water partition coefficient (Wildman–Crippen LogP) is 5.51. The normalized spacial score (nSPS) is 18.4. The lowest BCUT2D eigenvalue weighted by Gasteiger charge is -2.21. The fourth-order valence-corrected chi connectivity index (χ4v) is 2.47. The molecule has 1 aromatic rings. The van der Waals surface area contributed by atoms with Crippen molar-refractivity contribution in [3.05, 3.63) is 52.0 Å². The summed E-state index contributed by atoms with van der Waals surface area (Å²) in [6.45, 7) is 0. The Labute approximate surface area is 114 Å². The fourth-order valence-electron chi connectivity index (χ4n) is 1.61. The Morgan fingerprint density at radius 1 is 1.12 bits per heavy atom. The minimum Gasteiger partial charge on any atom is -0.0966 e. The number of allylic oxidation sites excluding steroid dienone is 4. The third kappa shape index (κ3) is 2.57. The number of rotatable bonds is 1. The quantitative estimate of drug-likeness (QED) is 0.599. The third-order valence-corrected chi connectivity index (χ3v) is 3.70. The van der Waals surface area contributed by atoms with Gasteiger partial charge in [-0.05, 0) is 23.3 Å². The second-order valence-electron chi connectivity index (χ2n) is 3.59. The molecule has 0 atom stereocenters. The first kappa shape index (κ1) is 12.3. The van der Waals surface area contributed by atoms with Crippen molar-refractivity contribution in [3.8, 4) is 0 Å². The van der Waals surface area contributed by atoms with Gasteiger partial charge >= 0.3 is 0 Å². The Morgan fingerprint density at radius 2 is 1.88 bits per heavy atom. The smallest absolute Gasteiger partial charge is 0.0966 e. The van der Waals surface area contributed by atoms with Gasteiger partial charge in [0.2, 0.25) is 0 Å². The van der Waals surface area contributed by atoms with E-state index in [1.165, 1.54) is 0 Å². The zero-order valence-electron chi connectivity index (χ0n) is 8.18. The lowest BCUT2D eigenvalue weighted by molar-refractivity contribution is 0.978. The SMILES string of the molecule is Clc1cccc(C2=CC=CC(Cl)(Cl)C2)c1Cl. The fraction of sp³-hybridized carbons (Fsp3) is 0.167. The van der Waals surface area contributed by atoms with Crippen LogP contribution in [0.25, 0.3) is 5.57 Å². The summed E-state index contributed by atoms with van der Waals surface area (Å²) in [4.78, 5) is 0. The van der Waals surface area contributed by atoms with E-state index in [1.807, 2.05) is 24.3 Å². The second-order valence-corrected chi connectivity index (χ2v) is 5.92. The lowest BCUT2D eigenvalue weighted by Crippen LogP contribution is -2.12. The van der Waals surface area contributed by atoms with Crippen molar-refractivity contribution < 1.29 is 0 Å². The van der Waals surface area contributed by atoms with Crippen LogP contribution < -0.4 is 0 Å². The zero-order chi connectivity index (χ0) is 11.8. The van der Waals surface area contributed by atoms with Gasteiger partial charge in [0, 0.05) is 6.42 Å². The average molecular weight is 294 g/mol. The molecule has 84 valence electrons. The molecular formula is C12H8Cl4. The lowest BCUT2D eigenvalue weighted by atomic mass is 9.97. The number of alkyl halides is 2. The Morgan fingerprint density at radius 3 is 2.56 bits per heavy atom. The summed E-state index contributed by atoms with van der Waals surface area (Å²) in [5.41, 5.74) is 1.86. The van der Waals surface area contributed by atoms with Gasteiger partial charge in [-0.1, -0.05) is 70.7 Å². The number of halogens is 4. The summed E-state index contributed by atoms with van der Waals surface area (Å²) in [6, 6.07) is 5.51. The maximum Gasteiger partial charge on any atom is 0.140 e. The van der Waals surface area contributed by atoms with Gasteiger partial charge in [0.15, 0.2) is 0 Å². The second kappa shape index (κ2) is 4.62. The van der Waals surface area contributed by atoms with Gasteiger partial charge in [-0.2, -0.15) is 0 Å². The summed E-state index contributed by atoms with van der Waals surface area (Å²) in [5, 5.41) is 1.07. The molecule has 0 nitrogen and oxygen atoms in total. The predicted molar refractivity (Wildman–Crippen MR) is 72.6 cm³/mol. The van der Waals surface area contributed by atoms with Crippen molar-refractivity contribution in [2.24, 2.45) is 0 Å². The van der Waals surface area contributed by atoms with Gasteiger partial charge < -0.3 is 0 Å². The summed E-state index contributed by atoms with van der Waals surface area (Å²) >= 11 is 24.2. The molecule has 1 aromatic carbocycles. The molecule has 0 radical (unpaired) electrons. The molecule has 0 aromatic heterocycles. The van der Waals surface area contributed by atoms with E-state index in [0.717, 1.165) is 11.1 Å². The van der Waals surface area contributed by atoms with Crippen LogP contribution in [0.2, 0.25) is 10.0 Å². The highest BCUT2D eigenvalue weighted by molar-refractivity contribution is 6.50. The number of hydrogen-bond acceptors (Lipinski definition) is 0. The summed E-state index contributed by atoms with van der Waals surface area (Å²) in [6.07, 6.45) is 6.04. The van der Waals surface area contributed by atoms with Gasteiger partial charge in [0.1, 0.15) is 4.33 Å². The first-order valence-corrected chi connectivity index (χ1v) is 6.21. The van der Waals surface area contributed by atoms with Crippen LogP contribution >= 0.6 is 46.4 Å². The van der Waals surface area contributed by atoms with Crippen LogP contribution in [0.5, 0.6) is 0 Å². The van der Waals surface area contributed by atoms with Crippen molar-refractivity contribution in [2.75, 3.05) is 0 Å².